The van der Waals surface area contributed by atoms with Crippen molar-refractivity contribution in [3.05, 3.63) is 64.7 Å². The molecule has 124 valence electrons. The van der Waals surface area contributed by atoms with E-state index in [1.54, 1.807) is 0 Å². The molecule has 1 aliphatic carbocycles. The van der Waals surface area contributed by atoms with Gasteiger partial charge in [0.15, 0.2) is 0 Å². The second-order valence-electron chi connectivity index (χ2n) is 6.79. The topological polar surface area (TPSA) is 42.0 Å². The molecule has 2 aromatic rings. The maximum Gasteiger partial charge on any atom is 0.220 e. The first kappa shape index (κ1) is 15.3. The van der Waals surface area contributed by atoms with Gasteiger partial charge in [-0.3, -0.25) is 9.78 Å². The van der Waals surface area contributed by atoms with Gasteiger partial charge in [-0.05, 0) is 61.4 Å². The highest BCUT2D eigenvalue weighted by molar-refractivity contribution is 5.77. The fraction of sp³-hybridized carbons (Fsp3) is 0.400. The van der Waals surface area contributed by atoms with Gasteiger partial charge in [0.1, 0.15) is 5.82 Å². The first-order valence-electron chi connectivity index (χ1n) is 8.74. The number of amides is 1. The molecule has 2 aliphatic rings. The van der Waals surface area contributed by atoms with Crippen molar-refractivity contribution in [3.8, 4) is 0 Å². The molecule has 4 rings (SSSR count). The van der Waals surface area contributed by atoms with Gasteiger partial charge in [-0.2, -0.15) is 0 Å². The number of aromatic nitrogens is 1. The number of piperidine rings is 1. The molecule has 1 aliphatic heterocycles. The molecule has 1 aromatic heterocycles. The van der Waals surface area contributed by atoms with E-state index in [1.165, 1.54) is 23.4 Å². The predicted molar refractivity (Wildman–Crippen MR) is 90.3 cm³/mol. The highest BCUT2D eigenvalue weighted by Gasteiger charge is 2.30. The highest BCUT2D eigenvalue weighted by Crippen LogP contribution is 2.33. The number of fused-ring (bicyclic) bond motifs is 1. The Hall–Kier alpha value is -2.23. The van der Waals surface area contributed by atoms with E-state index in [9.17, 15) is 9.18 Å². The van der Waals surface area contributed by atoms with E-state index >= 15 is 0 Å². The fourth-order valence-electron chi connectivity index (χ4n) is 3.97. The minimum Gasteiger partial charge on any atom is -0.352 e. The zero-order valence-electron chi connectivity index (χ0n) is 13.6. The summed E-state index contributed by atoms with van der Waals surface area (Å²) in [6.45, 7) is 0. The molecule has 3 nitrogen and oxygen atoms in total. The third-order valence-corrected chi connectivity index (χ3v) is 5.17. The number of hydrogen-bond donors (Lipinski definition) is 1. The minimum absolute atomic E-state index is 0.0173. The quantitative estimate of drug-likeness (QED) is 0.939. The largest absolute Gasteiger partial charge is 0.352 e. The highest BCUT2D eigenvalue weighted by atomic mass is 19.1. The van der Waals surface area contributed by atoms with Crippen molar-refractivity contribution in [1.29, 1.82) is 0 Å². The summed E-state index contributed by atoms with van der Waals surface area (Å²) in [4.78, 5) is 16.8. The van der Waals surface area contributed by atoms with Gasteiger partial charge >= 0.3 is 0 Å². The summed E-state index contributed by atoms with van der Waals surface area (Å²) in [6.07, 6.45) is 5.68. The first-order chi connectivity index (χ1) is 11.7. The monoisotopic (exact) mass is 324 g/mol. The number of carbonyl (C=O) groups is 1. The van der Waals surface area contributed by atoms with E-state index < -0.39 is 0 Å². The van der Waals surface area contributed by atoms with Crippen LogP contribution >= 0.6 is 0 Å². The average molecular weight is 324 g/mol. The molecule has 0 saturated carbocycles. The second kappa shape index (κ2) is 6.34. The van der Waals surface area contributed by atoms with Crippen molar-refractivity contribution in [2.24, 2.45) is 0 Å². The summed E-state index contributed by atoms with van der Waals surface area (Å²) in [5.74, 6) is -0.174. The molecule has 4 heteroatoms. The summed E-state index contributed by atoms with van der Waals surface area (Å²) in [5.41, 5.74) is 4.51. The van der Waals surface area contributed by atoms with E-state index in [1.807, 2.05) is 12.1 Å². The third-order valence-electron chi connectivity index (χ3n) is 5.17. The van der Waals surface area contributed by atoms with E-state index in [0.29, 0.717) is 6.42 Å². The smallest absolute Gasteiger partial charge is 0.220 e. The van der Waals surface area contributed by atoms with Gasteiger partial charge in [0.2, 0.25) is 5.91 Å². The molecule has 0 spiro atoms. The normalized spacial score (nSPS) is 21.2. The van der Waals surface area contributed by atoms with Crippen molar-refractivity contribution in [2.75, 3.05) is 0 Å². The minimum atomic E-state index is -0.243. The summed E-state index contributed by atoms with van der Waals surface area (Å²) >= 11 is 0. The maximum atomic E-state index is 13.4. The van der Waals surface area contributed by atoms with Crippen LogP contribution in [0.4, 0.5) is 4.39 Å². The number of hydrogen-bond acceptors (Lipinski definition) is 2. The summed E-state index contributed by atoms with van der Waals surface area (Å²) in [5, 5.41) is 3.12. The molecule has 2 heterocycles. The Balaban J connectivity index is 1.74. The first-order valence-corrected chi connectivity index (χ1v) is 8.74. The molecule has 0 radical (unpaired) electrons. The number of rotatable bonds is 3. The van der Waals surface area contributed by atoms with Crippen LogP contribution in [0.1, 0.15) is 54.1 Å². The fourth-order valence-corrected chi connectivity index (χ4v) is 3.97. The van der Waals surface area contributed by atoms with Gasteiger partial charge in [0, 0.05) is 24.1 Å². The van der Waals surface area contributed by atoms with Crippen LogP contribution in [-0.4, -0.2) is 16.9 Å². The van der Waals surface area contributed by atoms with Gasteiger partial charge in [-0.1, -0.05) is 18.2 Å². The molecule has 0 bridgehead atoms. The van der Waals surface area contributed by atoms with Gasteiger partial charge in [-0.15, -0.1) is 0 Å². The molecular formula is C20H21FN2O. The predicted octanol–water partition coefficient (Wildman–Crippen LogP) is 3.51. The van der Waals surface area contributed by atoms with Crippen molar-refractivity contribution in [1.82, 2.24) is 10.3 Å². The number of aryl methyl sites for hydroxylation is 2. The second-order valence-corrected chi connectivity index (χ2v) is 6.79. The standard InChI is InChI=1S/C20H21FN2O/c21-15-10-7-14(8-11-15)20(17-5-2-6-19(24)23-17)18-12-9-13-3-1-4-16(13)22-18/h7-12,17,20H,1-6H2,(H,23,24)/t17-,20-/m1/s1. The molecule has 24 heavy (non-hydrogen) atoms. The molecule has 1 saturated heterocycles. The molecular weight excluding hydrogens is 303 g/mol. The summed E-state index contributed by atoms with van der Waals surface area (Å²) < 4.78 is 13.4. The van der Waals surface area contributed by atoms with E-state index in [-0.39, 0.29) is 23.7 Å². The van der Waals surface area contributed by atoms with Crippen molar-refractivity contribution in [2.45, 2.75) is 50.5 Å². The zero-order chi connectivity index (χ0) is 16.5. The lowest BCUT2D eigenvalue weighted by atomic mass is 9.83. The lowest BCUT2D eigenvalue weighted by Gasteiger charge is -2.31. The Kier molecular flexibility index (Phi) is 4.05. The summed E-state index contributed by atoms with van der Waals surface area (Å²) in [7, 11) is 0. The van der Waals surface area contributed by atoms with Crippen molar-refractivity contribution < 1.29 is 9.18 Å². The van der Waals surface area contributed by atoms with Crippen LogP contribution in [0.15, 0.2) is 36.4 Å². The lowest BCUT2D eigenvalue weighted by Crippen LogP contribution is -2.43. The van der Waals surface area contributed by atoms with Gasteiger partial charge in [0.05, 0.1) is 5.69 Å². The number of benzene rings is 1. The van der Waals surface area contributed by atoms with E-state index in [2.05, 4.69) is 17.4 Å². The Morgan fingerprint density at radius 2 is 1.88 bits per heavy atom. The molecule has 1 N–H and O–H groups in total. The zero-order valence-corrected chi connectivity index (χ0v) is 13.6. The van der Waals surface area contributed by atoms with Gasteiger partial charge in [-0.25, -0.2) is 4.39 Å². The van der Waals surface area contributed by atoms with Crippen LogP contribution in [0.3, 0.4) is 0 Å². The SMILES string of the molecule is O=C1CCC[C@H]([C@@H](c2ccc(F)cc2)c2ccc3c(n2)CCC3)N1. The summed E-state index contributed by atoms with van der Waals surface area (Å²) in [6, 6.07) is 10.9. The number of nitrogens with zero attached hydrogens (tertiary/aromatic N) is 1. The molecule has 1 aromatic carbocycles. The lowest BCUT2D eigenvalue weighted by molar-refractivity contribution is -0.123. The molecule has 0 unspecified atom stereocenters. The Morgan fingerprint density at radius 1 is 1.04 bits per heavy atom. The van der Waals surface area contributed by atoms with Gasteiger partial charge in [0.25, 0.3) is 0 Å². The van der Waals surface area contributed by atoms with Crippen LogP contribution in [0.2, 0.25) is 0 Å². The Bertz CT molecular complexity index is 757. The van der Waals surface area contributed by atoms with Crippen LogP contribution in [0, 0.1) is 5.82 Å². The van der Waals surface area contributed by atoms with Crippen LogP contribution in [0.25, 0.3) is 0 Å². The average Bonchev–Trinajstić information content (AvgIpc) is 3.05. The molecule has 2 atom stereocenters. The number of carbonyl (C=O) groups excluding carboxylic acids is 1. The Morgan fingerprint density at radius 3 is 2.67 bits per heavy atom. The number of pyridine rings is 1. The van der Waals surface area contributed by atoms with Crippen LogP contribution in [-0.2, 0) is 17.6 Å². The van der Waals surface area contributed by atoms with E-state index in [0.717, 1.165) is 43.4 Å². The third kappa shape index (κ3) is 2.93. The number of nitrogens with one attached hydrogen (secondary N) is 1. The Labute approximate surface area is 141 Å². The maximum absolute atomic E-state index is 13.4. The van der Waals surface area contributed by atoms with Gasteiger partial charge < -0.3 is 5.32 Å². The van der Waals surface area contributed by atoms with Crippen LogP contribution in [0.5, 0.6) is 0 Å². The van der Waals surface area contributed by atoms with Crippen LogP contribution < -0.4 is 5.32 Å². The van der Waals surface area contributed by atoms with Crippen molar-refractivity contribution >= 4 is 5.91 Å². The van der Waals surface area contributed by atoms with E-state index in [4.69, 9.17) is 4.98 Å². The molecule has 1 amide bonds. The molecule has 1 fully saturated rings. The van der Waals surface area contributed by atoms with Crippen molar-refractivity contribution in [3.63, 3.8) is 0 Å². The number of halogens is 1.